The number of amides is 2. The van der Waals surface area contributed by atoms with E-state index in [1.165, 1.54) is 11.4 Å². The Morgan fingerprint density at radius 1 is 0.974 bits per heavy atom. The molecule has 210 valence electrons. The highest BCUT2D eigenvalue weighted by Gasteiger charge is 2.29. The lowest BCUT2D eigenvalue weighted by atomic mass is 10.1. The highest BCUT2D eigenvalue weighted by Crippen LogP contribution is 2.30. The molecule has 2 aromatic carbocycles. The number of sulfonamides is 1. The van der Waals surface area contributed by atoms with Crippen LogP contribution in [0.15, 0.2) is 48.5 Å². The van der Waals surface area contributed by atoms with Crippen LogP contribution < -0.4 is 19.1 Å². The van der Waals surface area contributed by atoms with Gasteiger partial charge in [-0.1, -0.05) is 44.5 Å². The summed E-state index contributed by atoms with van der Waals surface area (Å²) in [6.07, 6.45) is 3.75. The van der Waals surface area contributed by atoms with Gasteiger partial charge in [0.15, 0.2) is 0 Å². The maximum Gasteiger partial charge on any atom is 0.242 e. The molecule has 2 rings (SSSR count). The van der Waals surface area contributed by atoms with Gasteiger partial charge in [0, 0.05) is 26.1 Å². The first-order valence-electron chi connectivity index (χ1n) is 13.0. The maximum absolute atomic E-state index is 13.5. The number of benzene rings is 2. The van der Waals surface area contributed by atoms with E-state index in [1.807, 2.05) is 38.1 Å². The van der Waals surface area contributed by atoms with E-state index >= 15 is 0 Å². The smallest absolute Gasteiger partial charge is 0.242 e. The van der Waals surface area contributed by atoms with Gasteiger partial charge in [0.1, 0.15) is 17.5 Å². The second kappa shape index (κ2) is 15.2. The van der Waals surface area contributed by atoms with Crippen LogP contribution in [0.2, 0.25) is 0 Å². The zero-order chi connectivity index (χ0) is 28.1. The second-order valence-electron chi connectivity index (χ2n) is 9.05. The van der Waals surface area contributed by atoms with Crippen molar-refractivity contribution in [2.75, 3.05) is 37.9 Å². The summed E-state index contributed by atoms with van der Waals surface area (Å²) in [5, 5.41) is 2.95. The fourth-order valence-corrected chi connectivity index (χ4v) is 5.14. The van der Waals surface area contributed by atoms with E-state index in [4.69, 9.17) is 9.47 Å². The lowest BCUT2D eigenvalue weighted by Gasteiger charge is -2.31. The summed E-state index contributed by atoms with van der Waals surface area (Å²) < 4.78 is 37.0. The van der Waals surface area contributed by atoms with Gasteiger partial charge in [-0.3, -0.25) is 13.9 Å². The predicted octanol–water partition coefficient (Wildman–Crippen LogP) is 3.97. The molecule has 0 fully saturated rings. The van der Waals surface area contributed by atoms with E-state index in [9.17, 15) is 18.0 Å². The zero-order valence-electron chi connectivity index (χ0n) is 23.1. The number of hydrogen-bond donors (Lipinski definition) is 1. The Balaban J connectivity index is 2.23. The first kappa shape index (κ1) is 31.0. The average molecular weight is 548 g/mol. The Morgan fingerprint density at radius 3 is 2.24 bits per heavy atom. The quantitative estimate of drug-likeness (QED) is 0.319. The van der Waals surface area contributed by atoms with E-state index in [-0.39, 0.29) is 37.7 Å². The van der Waals surface area contributed by atoms with Crippen molar-refractivity contribution in [2.24, 2.45) is 0 Å². The van der Waals surface area contributed by atoms with Crippen molar-refractivity contribution in [3.05, 3.63) is 54.1 Å². The minimum atomic E-state index is -3.62. The number of nitrogens with zero attached hydrogens (tertiary/aromatic N) is 2. The summed E-state index contributed by atoms with van der Waals surface area (Å²) in [6.45, 7) is 4.84. The molecule has 0 saturated heterocycles. The van der Waals surface area contributed by atoms with Crippen molar-refractivity contribution >= 4 is 27.5 Å². The minimum absolute atomic E-state index is 0.0794. The first-order valence-corrected chi connectivity index (χ1v) is 14.8. The number of unbranched alkanes of at least 4 members (excludes halogenated alkanes) is 1. The first-order chi connectivity index (χ1) is 18.2. The molecule has 9 nitrogen and oxygen atoms in total. The summed E-state index contributed by atoms with van der Waals surface area (Å²) in [4.78, 5) is 28.1. The van der Waals surface area contributed by atoms with Gasteiger partial charge < -0.3 is 19.7 Å². The van der Waals surface area contributed by atoms with Crippen LogP contribution in [0.3, 0.4) is 0 Å². The Kier molecular flexibility index (Phi) is 12.4. The van der Waals surface area contributed by atoms with E-state index in [0.717, 1.165) is 24.7 Å². The van der Waals surface area contributed by atoms with Crippen LogP contribution in [-0.2, 0) is 26.2 Å². The molecule has 1 atom stereocenters. The largest absolute Gasteiger partial charge is 0.497 e. The van der Waals surface area contributed by atoms with Gasteiger partial charge in [0.05, 0.1) is 26.2 Å². The Labute approximate surface area is 227 Å². The van der Waals surface area contributed by atoms with Crippen LogP contribution in [0.5, 0.6) is 11.5 Å². The number of para-hydroxylation sites is 2. The molecule has 0 saturated carbocycles. The molecule has 0 aliphatic rings. The SMILES string of the molecule is CCCCNC(=O)[C@H](CC)N(Cc1ccc(OC)cc1)C(=O)CCCN(c1ccccc1OC)S(C)(=O)=O. The summed E-state index contributed by atoms with van der Waals surface area (Å²) in [5.41, 5.74) is 1.28. The van der Waals surface area contributed by atoms with E-state index in [1.54, 1.807) is 36.3 Å². The van der Waals surface area contributed by atoms with Crippen LogP contribution in [0, 0.1) is 0 Å². The molecule has 2 amide bonds. The van der Waals surface area contributed by atoms with Crippen LogP contribution >= 0.6 is 0 Å². The topological polar surface area (TPSA) is 105 Å². The van der Waals surface area contributed by atoms with Gasteiger partial charge in [-0.25, -0.2) is 8.42 Å². The number of nitrogens with one attached hydrogen (secondary N) is 1. The Bertz CT molecular complexity index is 1140. The standard InChI is InChI=1S/C28H41N3O6S/c1-6-8-19-29-28(33)24(7-2)30(21-22-15-17-23(36-3)18-16-22)27(32)14-11-20-31(38(5,34)35)25-12-9-10-13-26(25)37-4/h9-10,12-13,15-18,24H,6-8,11,14,19-21H2,1-5H3,(H,29,33)/t24-/m0/s1. The third-order valence-electron chi connectivity index (χ3n) is 6.23. The molecule has 0 aromatic heterocycles. The molecular weight excluding hydrogens is 506 g/mol. The molecule has 0 heterocycles. The molecule has 38 heavy (non-hydrogen) atoms. The van der Waals surface area contributed by atoms with E-state index in [0.29, 0.717) is 30.2 Å². The number of methoxy groups -OCH3 is 2. The molecule has 0 aliphatic heterocycles. The molecule has 0 bridgehead atoms. The fourth-order valence-electron chi connectivity index (χ4n) is 4.17. The van der Waals surface area contributed by atoms with Gasteiger partial charge in [0.25, 0.3) is 0 Å². The number of carbonyl (C=O) groups is 2. The van der Waals surface area contributed by atoms with Crippen molar-refractivity contribution in [3.63, 3.8) is 0 Å². The van der Waals surface area contributed by atoms with E-state index in [2.05, 4.69) is 5.32 Å². The number of carbonyl (C=O) groups excluding carboxylic acids is 2. The normalized spacial score (nSPS) is 11.9. The van der Waals surface area contributed by atoms with Gasteiger partial charge in [0.2, 0.25) is 21.8 Å². The Morgan fingerprint density at radius 2 is 1.66 bits per heavy atom. The lowest BCUT2D eigenvalue weighted by molar-refractivity contribution is -0.141. The second-order valence-corrected chi connectivity index (χ2v) is 11.0. The molecule has 1 N–H and O–H groups in total. The molecule has 0 unspecified atom stereocenters. The predicted molar refractivity (Wildman–Crippen MR) is 150 cm³/mol. The van der Waals surface area contributed by atoms with Crippen molar-refractivity contribution in [1.29, 1.82) is 0 Å². The number of ether oxygens (including phenoxy) is 2. The van der Waals surface area contributed by atoms with Crippen LogP contribution in [0.1, 0.15) is 51.5 Å². The summed E-state index contributed by atoms with van der Waals surface area (Å²) in [7, 11) is -0.550. The van der Waals surface area contributed by atoms with Crippen LogP contribution in [-0.4, -0.2) is 64.7 Å². The van der Waals surface area contributed by atoms with Crippen molar-refractivity contribution < 1.29 is 27.5 Å². The third-order valence-corrected chi connectivity index (χ3v) is 7.41. The lowest BCUT2D eigenvalue weighted by Crippen LogP contribution is -2.49. The van der Waals surface area contributed by atoms with E-state index < -0.39 is 16.1 Å². The highest BCUT2D eigenvalue weighted by atomic mass is 32.2. The van der Waals surface area contributed by atoms with Gasteiger partial charge in [-0.2, -0.15) is 0 Å². The molecule has 0 radical (unpaired) electrons. The van der Waals surface area contributed by atoms with Gasteiger partial charge >= 0.3 is 0 Å². The van der Waals surface area contributed by atoms with Gasteiger partial charge in [-0.05, 0) is 49.1 Å². The molecule has 0 spiro atoms. The monoisotopic (exact) mass is 547 g/mol. The average Bonchev–Trinajstić information content (AvgIpc) is 2.90. The highest BCUT2D eigenvalue weighted by molar-refractivity contribution is 7.92. The molecule has 0 aliphatic carbocycles. The minimum Gasteiger partial charge on any atom is -0.497 e. The summed E-state index contributed by atoms with van der Waals surface area (Å²) >= 11 is 0. The van der Waals surface area contributed by atoms with Crippen molar-refractivity contribution in [2.45, 2.75) is 58.5 Å². The van der Waals surface area contributed by atoms with Crippen molar-refractivity contribution in [1.82, 2.24) is 10.2 Å². The number of anilines is 1. The number of hydrogen-bond acceptors (Lipinski definition) is 6. The molecule has 2 aromatic rings. The summed E-state index contributed by atoms with van der Waals surface area (Å²) in [5.74, 6) is 0.731. The van der Waals surface area contributed by atoms with Gasteiger partial charge in [-0.15, -0.1) is 0 Å². The number of rotatable bonds is 16. The molecule has 10 heteroatoms. The third kappa shape index (κ3) is 8.93. The van der Waals surface area contributed by atoms with Crippen LogP contribution in [0.4, 0.5) is 5.69 Å². The maximum atomic E-state index is 13.5. The molecular formula is C28H41N3O6S. The van der Waals surface area contributed by atoms with Crippen molar-refractivity contribution in [3.8, 4) is 11.5 Å². The summed E-state index contributed by atoms with van der Waals surface area (Å²) in [6, 6.07) is 13.6. The Hall–Kier alpha value is -3.27. The van der Waals surface area contributed by atoms with Crippen LogP contribution in [0.25, 0.3) is 0 Å². The fraction of sp³-hybridized carbons (Fsp3) is 0.500. The zero-order valence-corrected chi connectivity index (χ0v) is 23.9.